The highest BCUT2D eigenvalue weighted by Gasteiger charge is 2.39. The molecular formula is C28H28F6N6O2. The van der Waals surface area contributed by atoms with Crippen LogP contribution in [0.15, 0.2) is 36.4 Å². The van der Waals surface area contributed by atoms with E-state index >= 15 is 0 Å². The van der Waals surface area contributed by atoms with Gasteiger partial charge in [0, 0.05) is 30.5 Å². The van der Waals surface area contributed by atoms with Gasteiger partial charge in [0.1, 0.15) is 0 Å². The van der Waals surface area contributed by atoms with Gasteiger partial charge in [-0.2, -0.15) is 41.8 Å². The Morgan fingerprint density at radius 1 is 0.786 bits per heavy atom. The van der Waals surface area contributed by atoms with Gasteiger partial charge in [0.25, 0.3) is 0 Å². The van der Waals surface area contributed by atoms with Gasteiger partial charge < -0.3 is 15.2 Å². The van der Waals surface area contributed by atoms with Crippen molar-refractivity contribution in [3.05, 3.63) is 58.9 Å². The van der Waals surface area contributed by atoms with Gasteiger partial charge in [-0.15, -0.1) is 0 Å². The molecule has 2 aromatic heterocycles. The summed E-state index contributed by atoms with van der Waals surface area (Å²) in [6.07, 6.45) is -5.01. The van der Waals surface area contributed by atoms with Crippen molar-refractivity contribution < 1.29 is 35.8 Å². The molecular weight excluding hydrogens is 566 g/mol. The smallest absolute Gasteiger partial charge is 0.356 e. The highest BCUT2D eigenvalue weighted by atomic mass is 19.4. The Bertz CT molecular complexity index is 1590. The molecule has 2 aromatic carbocycles. The molecule has 2 fully saturated rings. The summed E-state index contributed by atoms with van der Waals surface area (Å²) in [6, 6.07) is 10.9. The van der Waals surface area contributed by atoms with Gasteiger partial charge in [0.2, 0.25) is 0 Å². The summed E-state index contributed by atoms with van der Waals surface area (Å²) in [5.41, 5.74) is 5.28. The molecule has 0 aliphatic carbocycles. The first-order valence-corrected chi connectivity index (χ1v) is 13.5. The average Bonchev–Trinajstić information content (AvgIpc) is 3.57. The monoisotopic (exact) mass is 594 g/mol. The predicted molar refractivity (Wildman–Crippen MR) is 140 cm³/mol. The molecule has 2 aliphatic rings. The summed E-state index contributed by atoms with van der Waals surface area (Å²) in [4.78, 5) is 0. The molecule has 14 heteroatoms. The summed E-state index contributed by atoms with van der Waals surface area (Å²) >= 11 is 0. The third-order valence-corrected chi connectivity index (χ3v) is 7.24. The molecule has 6 rings (SSSR count). The zero-order chi connectivity index (χ0) is 30.1. The van der Waals surface area contributed by atoms with Crippen LogP contribution in [0, 0.1) is 11.3 Å². The minimum absolute atomic E-state index is 0.0595. The van der Waals surface area contributed by atoms with Crippen LogP contribution in [-0.4, -0.2) is 32.8 Å². The van der Waals surface area contributed by atoms with Crippen molar-refractivity contribution in [3.63, 3.8) is 0 Å². The summed E-state index contributed by atoms with van der Waals surface area (Å²) < 4.78 is 92.7. The number of benzene rings is 2. The first kappa shape index (κ1) is 29.8. The van der Waals surface area contributed by atoms with Gasteiger partial charge in [0.15, 0.2) is 23.8 Å². The lowest BCUT2D eigenvalue weighted by Crippen LogP contribution is -2.20. The van der Waals surface area contributed by atoms with E-state index in [2.05, 4.69) is 10.2 Å². The molecule has 2 N–H and O–H groups in total. The van der Waals surface area contributed by atoms with Crippen LogP contribution in [0.3, 0.4) is 0 Å². The van der Waals surface area contributed by atoms with E-state index in [4.69, 9.17) is 20.5 Å². The van der Waals surface area contributed by atoms with Crippen LogP contribution in [0.2, 0.25) is 0 Å². The number of alkyl halides is 6. The lowest BCUT2D eigenvalue weighted by molar-refractivity contribution is -0.142. The Morgan fingerprint density at radius 3 is 1.71 bits per heavy atom. The summed E-state index contributed by atoms with van der Waals surface area (Å²) in [5.74, 6) is 0. The van der Waals surface area contributed by atoms with E-state index in [0.717, 1.165) is 25.7 Å². The normalized spacial score (nSPS) is 19.9. The quantitative estimate of drug-likeness (QED) is 0.261. The zero-order valence-corrected chi connectivity index (χ0v) is 22.4. The minimum atomic E-state index is -4.56. The maximum Gasteiger partial charge on any atom is 0.435 e. The van der Waals surface area contributed by atoms with Crippen molar-refractivity contribution in [1.29, 1.82) is 5.26 Å². The topological polar surface area (TPSA) is 104 Å². The second-order valence-corrected chi connectivity index (χ2v) is 10.1. The van der Waals surface area contributed by atoms with E-state index in [-0.39, 0.29) is 22.9 Å². The molecule has 2 saturated heterocycles. The van der Waals surface area contributed by atoms with Crippen LogP contribution in [0.1, 0.15) is 73.5 Å². The number of nitrogens with zero attached hydrogens (tertiary/aromatic N) is 5. The summed E-state index contributed by atoms with van der Waals surface area (Å²) in [6.45, 7) is 1.26. The number of ether oxygens (including phenoxy) is 2. The van der Waals surface area contributed by atoms with Crippen LogP contribution in [0.25, 0.3) is 21.8 Å². The number of hydrogen-bond donors (Lipinski definition) is 1. The predicted octanol–water partition coefficient (Wildman–Crippen LogP) is 6.84. The molecule has 2 aliphatic heterocycles. The SMILES string of the molecule is N#Cc1ccc2c(c1)c(C(F)(F)F)nn2C1CCCCO1.NCc1ccc2c(c1)c(C(F)(F)F)nn2C1CCCCO1. The summed E-state index contributed by atoms with van der Waals surface area (Å²) in [7, 11) is 0. The maximum absolute atomic E-state index is 13.2. The van der Waals surface area contributed by atoms with Crippen molar-refractivity contribution in [2.75, 3.05) is 13.2 Å². The fourth-order valence-corrected chi connectivity index (χ4v) is 5.22. The third-order valence-electron chi connectivity index (χ3n) is 7.24. The minimum Gasteiger partial charge on any atom is -0.356 e. The second kappa shape index (κ2) is 11.9. The Morgan fingerprint density at radius 2 is 1.29 bits per heavy atom. The zero-order valence-electron chi connectivity index (χ0n) is 22.4. The highest BCUT2D eigenvalue weighted by molar-refractivity contribution is 5.84. The van der Waals surface area contributed by atoms with Gasteiger partial charge in [-0.1, -0.05) is 6.07 Å². The molecule has 42 heavy (non-hydrogen) atoms. The lowest BCUT2D eigenvalue weighted by atomic mass is 10.1. The van der Waals surface area contributed by atoms with E-state index in [1.807, 2.05) is 6.07 Å². The Kier molecular flexibility index (Phi) is 8.45. The van der Waals surface area contributed by atoms with Gasteiger partial charge in [0.05, 0.1) is 22.7 Å². The Labute approximate surface area is 236 Å². The first-order valence-electron chi connectivity index (χ1n) is 13.5. The molecule has 2 atom stereocenters. The fourth-order valence-electron chi connectivity index (χ4n) is 5.22. The molecule has 0 bridgehead atoms. The molecule has 0 radical (unpaired) electrons. The van der Waals surface area contributed by atoms with Crippen molar-refractivity contribution in [2.45, 2.75) is 69.9 Å². The number of rotatable bonds is 3. The maximum atomic E-state index is 13.2. The third kappa shape index (κ3) is 6.08. The number of halogens is 6. The molecule has 8 nitrogen and oxygen atoms in total. The molecule has 0 spiro atoms. The number of aromatic nitrogens is 4. The first-order chi connectivity index (χ1) is 20.0. The van der Waals surface area contributed by atoms with E-state index < -0.39 is 36.2 Å². The van der Waals surface area contributed by atoms with Crippen LogP contribution in [0.5, 0.6) is 0 Å². The van der Waals surface area contributed by atoms with Crippen molar-refractivity contribution in [1.82, 2.24) is 19.6 Å². The number of nitriles is 1. The van der Waals surface area contributed by atoms with Crippen LogP contribution in [0.4, 0.5) is 26.3 Å². The fraction of sp³-hybridized carbons (Fsp3) is 0.464. The van der Waals surface area contributed by atoms with Crippen LogP contribution in [-0.2, 0) is 28.4 Å². The molecule has 0 amide bonds. The molecule has 2 unspecified atom stereocenters. The molecule has 4 aromatic rings. The molecule has 0 saturated carbocycles. The van der Waals surface area contributed by atoms with Crippen LogP contribution >= 0.6 is 0 Å². The van der Waals surface area contributed by atoms with Gasteiger partial charge in [-0.3, -0.25) is 0 Å². The number of fused-ring (bicyclic) bond motifs is 2. The Hall–Kier alpha value is -3.67. The average molecular weight is 595 g/mol. The number of hydrogen-bond acceptors (Lipinski definition) is 6. The summed E-state index contributed by atoms with van der Waals surface area (Å²) in [5, 5.41) is 16.4. The lowest BCUT2D eigenvalue weighted by Gasteiger charge is -2.23. The van der Waals surface area contributed by atoms with E-state index in [0.29, 0.717) is 42.7 Å². The van der Waals surface area contributed by atoms with E-state index in [1.165, 1.54) is 33.6 Å². The molecule has 4 heterocycles. The van der Waals surface area contributed by atoms with Gasteiger partial charge >= 0.3 is 12.4 Å². The van der Waals surface area contributed by atoms with Crippen LogP contribution < -0.4 is 5.73 Å². The van der Waals surface area contributed by atoms with Crippen molar-refractivity contribution in [3.8, 4) is 6.07 Å². The number of nitrogens with two attached hydrogens (primary N) is 1. The molecule has 224 valence electrons. The highest BCUT2D eigenvalue weighted by Crippen LogP contribution is 2.38. The standard InChI is InChI=1S/C14H16F3N3O.C14H12F3N3O/c2*15-14(16,17)13-10-7-9(8-18)4-5-11(10)20(19-13)12-3-1-2-6-21-12/h4-5,7,12H,1-3,6,8,18H2;4-5,7,12H,1-3,6H2. The Balaban J connectivity index is 0.000000168. The van der Waals surface area contributed by atoms with Gasteiger partial charge in [-0.05, 0) is 74.4 Å². The van der Waals surface area contributed by atoms with Gasteiger partial charge in [-0.25, -0.2) is 9.36 Å². The van der Waals surface area contributed by atoms with Crippen molar-refractivity contribution in [2.24, 2.45) is 5.73 Å². The van der Waals surface area contributed by atoms with E-state index in [1.54, 1.807) is 12.1 Å². The second-order valence-electron chi connectivity index (χ2n) is 10.1. The van der Waals surface area contributed by atoms with E-state index in [9.17, 15) is 26.3 Å². The van der Waals surface area contributed by atoms with Crippen molar-refractivity contribution >= 4 is 21.8 Å². The largest absolute Gasteiger partial charge is 0.435 e.